The Morgan fingerprint density at radius 3 is 1.83 bits per heavy atom. The van der Waals surface area contributed by atoms with E-state index in [9.17, 15) is 39.0 Å². The Morgan fingerprint density at radius 2 is 1.32 bits per heavy atom. The predicted octanol–water partition coefficient (Wildman–Crippen LogP) is -2.58. The lowest BCUT2D eigenvalue weighted by Gasteiger charge is -2.28. The lowest BCUT2D eigenvalue weighted by atomic mass is 9.97. The zero-order valence-electron chi connectivity index (χ0n) is 30.0. The van der Waals surface area contributed by atoms with Crippen molar-refractivity contribution in [2.45, 2.75) is 82.8 Å². The van der Waals surface area contributed by atoms with Gasteiger partial charge in [0, 0.05) is 36.6 Å². The molecular weight excluding hydrogens is 690 g/mol. The molecule has 2 heterocycles. The van der Waals surface area contributed by atoms with Crippen LogP contribution in [-0.4, -0.2) is 115 Å². The number of H-pyrrole nitrogens is 2. The number of aromatic hydroxyl groups is 1. The van der Waals surface area contributed by atoms with Crippen molar-refractivity contribution in [2.24, 2.45) is 11.7 Å². The third-order valence-electron chi connectivity index (χ3n) is 8.59. The van der Waals surface area contributed by atoms with Crippen LogP contribution in [0.1, 0.15) is 44.1 Å². The molecule has 53 heavy (non-hydrogen) atoms. The number of nitrogens with two attached hydrogens (primary N) is 1. The van der Waals surface area contributed by atoms with Crippen molar-refractivity contribution in [3.05, 3.63) is 66.3 Å². The number of aromatic nitrogens is 4. The van der Waals surface area contributed by atoms with Crippen molar-refractivity contribution in [3.8, 4) is 5.75 Å². The summed E-state index contributed by atoms with van der Waals surface area (Å²) >= 11 is 0. The summed E-state index contributed by atoms with van der Waals surface area (Å²) in [6.07, 6.45) is 4.83. The Kier molecular flexibility index (Phi) is 15.9. The number of phenols is 1. The molecule has 0 spiro atoms. The molecule has 12 N–H and O–H groups in total. The monoisotopic (exact) mass is 739 g/mol. The van der Waals surface area contributed by atoms with Gasteiger partial charge in [-0.1, -0.05) is 32.4 Å². The number of likely N-dealkylation sites (N-methyl/N-ethyl adjacent to an activating group) is 1. The molecule has 0 unspecified atom stereocenters. The predicted molar refractivity (Wildman–Crippen MR) is 190 cm³/mol. The number of hydrogen-bond acceptors (Lipinski definition) is 11. The number of primary amides is 1. The normalized spacial score (nSPS) is 15.0. The van der Waals surface area contributed by atoms with Crippen molar-refractivity contribution >= 4 is 35.4 Å². The first kappa shape index (κ1) is 41.6. The van der Waals surface area contributed by atoms with Crippen LogP contribution >= 0.6 is 0 Å². The third-order valence-corrected chi connectivity index (χ3v) is 8.59. The van der Waals surface area contributed by atoms with Gasteiger partial charge in [-0.3, -0.25) is 28.8 Å². The van der Waals surface area contributed by atoms with Gasteiger partial charge in [-0.25, -0.2) is 9.97 Å². The molecule has 0 aliphatic heterocycles. The highest BCUT2D eigenvalue weighted by Crippen LogP contribution is 2.12. The lowest BCUT2D eigenvalue weighted by molar-refractivity contribution is -0.136. The zero-order valence-corrected chi connectivity index (χ0v) is 30.0. The SMILES string of the molecule is CC[C@H](C)[C@H](NC(=O)CNC(=O)[C@H](Cc1ccc(O)cc1)NC)C(=O)N[C@@H](Cc1cnc[nH]1)C(=O)N[C@H](C(=O)N[C@@H](Cc1cnc[nH]1)C(N)=O)[C@@H](C)O. The fourth-order valence-electron chi connectivity index (χ4n) is 5.26. The Morgan fingerprint density at radius 1 is 0.755 bits per heavy atom. The lowest BCUT2D eigenvalue weighted by Crippen LogP contribution is -2.61. The van der Waals surface area contributed by atoms with Crippen molar-refractivity contribution in [2.75, 3.05) is 13.6 Å². The minimum absolute atomic E-state index is 0.0255. The molecule has 1 aromatic carbocycles. The number of phenolic OH excluding ortho intramolecular Hbond substituents is 1. The molecule has 0 fully saturated rings. The molecule has 0 bridgehead atoms. The smallest absolute Gasteiger partial charge is 0.245 e. The van der Waals surface area contributed by atoms with E-state index in [0.717, 1.165) is 5.56 Å². The highest BCUT2D eigenvalue weighted by atomic mass is 16.3. The number of hydrogen-bond donors (Lipinski definition) is 11. The van der Waals surface area contributed by atoms with Gasteiger partial charge in [0.05, 0.1) is 31.3 Å². The average molecular weight is 740 g/mol. The molecular formula is C34H49N11O8. The molecule has 0 saturated carbocycles. The fraction of sp³-hybridized carbons (Fsp3) is 0.471. The van der Waals surface area contributed by atoms with E-state index in [0.29, 0.717) is 17.8 Å². The highest BCUT2D eigenvalue weighted by Gasteiger charge is 2.34. The standard InChI is InChI=1S/C34H49N11O8/c1-5-18(2)28(44-27(48)15-39-31(50)25(36-4)10-20-6-8-23(47)9-7-20)33(52)43-26(12-22-14-38-17-41-22)32(51)45-29(19(3)46)34(53)42-24(30(35)49)11-21-13-37-16-40-21/h6-9,13-14,16-19,24-26,28-29,36,46-47H,5,10-12,15H2,1-4H3,(H2,35,49)(H,37,40)(H,38,41)(H,39,50)(H,42,53)(H,43,52)(H,44,48)(H,45,51)/t18-,19+,24-,25-,26-,28-,29-/m0/s1. The van der Waals surface area contributed by atoms with Gasteiger partial charge in [0.1, 0.15) is 29.9 Å². The van der Waals surface area contributed by atoms with E-state index in [1.54, 1.807) is 26.1 Å². The molecule has 3 rings (SSSR count). The largest absolute Gasteiger partial charge is 0.508 e. The summed E-state index contributed by atoms with van der Waals surface area (Å²) in [6, 6.07) is 0.465. The van der Waals surface area contributed by atoms with Crippen molar-refractivity contribution < 1.29 is 39.0 Å². The van der Waals surface area contributed by atoms with Crippen molar-refractivity contribution in [3.63, 3.8) is 0 Å². The molecule has 0 radical (unpaired) electrons. The van der Waals surface area contributed by atoms with Gasteiger partial charge in [0.25, 0.3) is 0 Å². The van der Waals surface area contributed by atoms with E-state index in [-0.39, 0.29) is 25.0 Å². The summed E-state index contributed by atoms with van der Waals surface area (Å²) in [5, 5.41) is 35.6. The summed E-state index contributed by atoms with van der Waals surface area (Å²) in [5.74, 6) is -4.78. The average Bonchev–Trinajstić information content (AvgIpc) is 3.85. The number of rotatable bonds is 21. The van der Waals surface area contributed by atoms with Gasteiger partial charge in [-0.15, -0.1) is 0 Å². The maximum absolute atomic E-state index is 13.7. The fourth-order valence-corrected chi connectivity index (χ4v) is 5.26. The molecule has 6 amide bonds. The number of benzene rings is 1. The molecule has 2 aromatic heterocycles. The molecule has 288 valence electrons. The van der Waals surface area contributed by atoms with E-state index in [4.69, 9.17) is 5.73 Å². The number of aliphatic hydroxyl groups excluding tert-OH is 1. The van der Waals surface area contributed by atoms with E-state index < -0.39 is 84.2 Å². The molecule has 19 heteroatoms. The van der Waals surface area contributed by atoms with Gasteiger partial charge in [0.2, 0.25) is 35.4 Å². The van der Waals surface area contributed by atoms with Gasteiger partial charge in [-0.05, 0) is 44.0 Å². The summed E-state index contributed by atoms with van der Waals surface area (Å²) in [6.45, 7) is 4.36. The summed E-state index contributed by atoms with van der Waals surface area (Å²) in [7, 11) is 1.60. The number of carbonyl (C=O) groups is 6. The van der Waals surface area contributed by atoms with Crippen LogP contribution in [0.15, 0.2) is 49.3 Å². The first-order valence-electron chi connectivity index (χ1n) is 17.1. The Bertz CT molecular complexity index is 1650. The van der Waals surface area contributed by atoms with Crippen LogP contribution in [-0.2, 0) is 48.0 Å². The van der Waals surface area contributed by atoms with Gasteiger partial charge in [0.15, 0.2) is 0 Å². The maximum Gasteiger partial charge on any atom is 0.245 e. The van der Waals surface area contributed by atoms with Crippen LogP contribution in [0.2, 0.25) is 0 Å². The number of amides is 6. The Balaban J connectivity index is 1.70. The van der Waals surface area contributed by atoms with E-state index >= 15 is 0 Å². The Labute approximate surface area is 306 Å². The summed E-state index contributed by atoms with van der Waals surface area (Å²) < 4.78 is 0. The van der Waals surface area contributed by atoms with Gasteiger partial charge in [-0.2, -0.15) is 0 Å². The van der Waals surface area contributed by atoms with Crippen LogP contribution in [0.5, 0.6) is 5.75 Å². The first-order chi connectivity index (χ1) is 25.2. The van der Waals surface area contributed by atoms with Crippen molar-refractivity contribution in [1.82, 2.24) is 51.8 Å². The quantitative estimate of drug-likeness (QED) is 0.0539. The molecule has 7 atom stereocenters. The number of aromatic amines is 2. The summed E-state index contributed by atoms with van der Waals surface area (Å²) in [5.41, 5.74) is 7.23. The van der Waals surface area contributed by atoms with Crippen molar-refractivity contribution in [1.29, 1.82) is 0 Å². The second-order valence-corrected chi connectivity index (χ2v) is 12.7. The maximum atomic E-state index is 13.7. The minimum atomic E-state index is -1.56. The second-order valence-electron chi connectivity index (χ2n) is 12.7. The molecule has 0 saturated heterocycles. The summed E-state index contributed by atoms with van der Waals surface area (Å²) in [4.78, 5) is 92.2. The van der Waals surface area contributed by atoms with Crippen LogP contribution < -0.4 is 37.6 Å². The molecule has 19 nitrogen and oxygen atoms in total. The van der Waals surface area contributed by atoms with Crippen LogP contribution in [0, 0.1) is 5.92 Å². The minimum Gasteiger partial charge on any atom is -0.508 e. The highest BCUT2D eigenvalue weighted by molar-refractivity contribution is 5.96. The molecule has 3 aromatic rings. The second kappa shape index (κ2) is 20.3. The van der Waals surface area contributed by atoms with Crippen LogP contribution in [0.25, 0.3) is 0 Å². The number of carbonyl (C=O) groups excluding carboxylic acids is 6. The topological polar surface area (TPSA) is 298 Å². The van der Waals surface area contributed by atoms with Crippen LogP contribution in [0.3, 0.4) is 0 Å². The number of nitrogens with one attached hydrogen (secondary N) is 8. The number of aliphatic hydroxyl groups is 1. The first-order valence-corrected chi connectivity index (χ1v) is 17.1. The van der Waals surface area contributed by atoms with E-state index in [1.165, 1.54) is 44.1 Å². The van der Waals surface area contributed by atoms with Gasteiger partial charge < -0.3 is 57.8 Å². The zero-order chi connectivity index (χ0) is 39.1. The number of imidazole rings is 2. The number of nitrogens with zero attached hydrogens (tertiary/aromatic N) is 2. The Hall–Kier alpha value is -5.82. The third kappa shape index (κ3) is 13.0. The van der Waals surface area contributed by atoms with Gasteiger partial charge >= 0.3 is 0 Å². The molecule has 0 aliphatic carbocycles. The molecule has 0 aliphatic rings. The van der Waals surface area contributed by atoms with Crippen LogP contribution in [0.4, 0.5) is 0 Å². The van der Waals surface area contributed by atoms with E-state index in [1.807, 2.05) is 6.92 Å². The van der Waals surface area contributed by atoms with E-state index in [2.05, 4.69) is 51.8 Å².